The van der Waals surface area contributed by atoms with Crippen LogP contribution in [0.3, 0.4) is 0 Å². The average Bonchev–Trinajstić information content (AvgIpc) is 3.14. The number of hydrogen-bond donors (Lipinski definition) is 1. The molecule has 2 fully saturated rings. The fraction of sp³-hybridized carbons (Fsp3) is 0.812. The molecule has 2 saturated carbocycles. The lowest BCUT2D eigenvalue weighted by molar-refractivity contribution is 0.0994. The number of rotatable bonds is 5. The topological polar surface area (TPSA) is 34.1 Å². The van der Waals surface area contributed by atoms with E-state index in [2.05, 4.69) is 15.7 Å². The van der Waals surface area contributed by atoms with Crippen molar-refractivity contribution in [1.82, 2.24) is 10.3 Å². The molecule has 2 aliphatic rings. The van der Waals surface area contributed by atoms with Crippen LogP contribution in [-0.4, -0.2) is 25.2 Å². The molecule has 0 amide bonds. The van der Waals surface area contributed by atoms with Crippen LogP contribution in [-0.2, 0) is 10.3 Å². The monoisotopic (exact) mass is 294 g/mol. The van der Waals surface area contributed by atoms with Gasteiger partial charge in [0.1, 0.15) is 5.01 Å². The first-order valence-corrected chi connectivity index (χ1v) is 8.81. The van der Waals surface area contributed by atoms with E-state index in [-0.39, 0.29) is 5.54 Å². The fourth-order valence-corrected chi connectivity index (χ4v) is 5.02. The minimum atomic E-state index is 0.112. The molecule has 1 spiro atoms. The SMILES string of the molecule is COCCNC1(c2nccs2)CCC2(CCCC2)CC1. The van der Waals surface area contributed by atoms with E-state index in [4.69, 9.17) is 4.74 Å². The Hall–Kier alpha value is -0.450. The molecule has 1 heterocycles. The molecule has 112 valence electrons. The maximum Gasteiger partial charge on any atom is 0.113 e. The zero-order valence-electron chi connectivity index (χ0n) is 12.5. The highest BCUT2D eigenvalue weighted by atomic mass is 32.1. The van der Waals surface area contributed by atoms with Gasteiger partial charge in [-0.05, 0) is 43.9 Å². The van der Waals surface area contributed by atoms with Crippen molar-refractivity contribution in [3.63, 3.8) is 0 Å². The maximum atomic E-state index is 5.21. The molecule has 3 rings (SSSR count). The van der Waals surface area contributed by atoms with E-state index in [1.807, 2.05) is 6.20 Å². The minimum Gasteiger partial charge on any atom is -0.383 e. The first-order chi connectivity index (χ1) is 9.79. The van der Waals surface area contributed by atoms with Gasteiger partial charge < -0.3 is 10.1 Å². The van der Waals surface area contributed by atoms with E-state index in [1.54, 1.807) is 18.4 Å². The zero-order valence-corrected chi connectivity index (χ0v) is 13.3. The molecule has 0 atom stereocenters. The average molecular weight is 294 g/mol. The van der Waals surface area contributed by atoms with Gasteiger partial charge in [0.15, 0.2) is 0 Å². The molecule has 1 N–H and O–H groups in total. The van der Waals surface area contributed by atoms with Gasteiger partial charge in [-0.2, -0.15) is 0 Å². The van der Waals surface area contributed by atoms with Gasteiger partial charge in [-0.3, -0.25) is 0 Å². The fourth-order valence-electron chi connectivity index (χ4n) is 4.15. The van der Waals surface area contributed by atoms with Crippen LogP contribution in [0.15, 0.2) is 11.6 Å². The van der Waals surface area contributed by atoms with E-state index < -0.39 is 0 Å². The van der Waals surface area contributed by atoms with E-state index in [0.717, 1.165) is 13.2 Å². The van der Waals surface area contributed by atoms with Gasteiger partial charge in [-0.15, -0.1) is 11.3 Å². The summed E-state index contributed by atoms with van der Waals surface area (Å²) in [7, 11) is 1.77. The van der Waals surface area contributed by atoms with Crippen LogP contribution in [0.4, 0.5) is 0 Å². The Morgan fingerprint density at radius 2 is 1.95 bits per heavy atom. The number of aromatic nitrogens is 1. The Kier molecular flexibility index (Phi) is 4.43. The second-order valence-corrected chi connectivity index (χ2v) is 7.44. The molecule has 3 nitrogen and oxygen atoms in total. The Labute approximate surface area is 126 Å². The lowest BCUT2D eigenvalue weighted by Gasteiger charge is -2.44. The summed E-state index contributed by atoms with van der Waals surface area (Å²) in [5.74, 6) is 0. The van der Waals surface area contributed by atoms with Crippen molar-refractivity contribution in [1.29, 1.82) is 0 Å². The summed E-state index contributed by atoms with van der Waals surface area (Å²) in [5.41, 5.74) is 0.782. The van der Waals surface area contributed by atoms with Crippen LogP contribution in [0.25, 0.3) is 0 Å². The molecule has 0 radical (unpaired) electrons. The molecular formula is C16H26N2OS. The Balaban J connectivity index is 1.71. The number of nitrogens with zero attached hydrogens (tertiary/aromatic N) is 1. The Morgan fingerprint density at radius 3 is 2.55 bits per heavy atom. The molecular weight excluding hydrogens is 268 g/mol. The molecule has 2 aliphatic carbocycles. The van der Waals surface area contributed by atoms with Gasteiger partial charge in [-0.25, -0.2) is 4.98 Å². The van der Waals surface area contributed by atoms with E-state index in [9.17, 15) is 0 Å². The largest absolute Gasteiger partial charge is 0.383 e. The van der Waals surface area contributed by atoms with Crippen LogP contribution in [0.1, 0.15) is 56.4 Å². The summed E-state index contributed by atoms with van der Waals surface area (Å²) in [5, 5.41) is 7.15. The normalized spacial score (nSPS) is 24.2. The molecule has 4 heteroatoms. The molecule has 0 unspecified atom stereocenters. The molecule has 20 heavy (non-hydrogen) atoms. The highest BCUT2D eigenvalue weighted by Crippen LogP contribution is 2.53. The second kappa shape index (κ2) is 6.12. The van der Waals surface area contributed by atoms with Gasteiger partial charge >= 0.3 is 0 Å². The lowest BCUT2D eigenvalue weighted by Crippen LogP contribution is -2.48. The van der Waals surface area contributed by atoms with Gasteiger partial charge in [0.2, 0.25) is 0 Å². The third-order valence-electron chi connectivity index (χ3n) is 5.44. The number of nitrogens with one attached hydrogen (secondary N) is 1. The second-order valence-electron chi connectivity index (χ2n) is 6.55. The van der Waals surface area contributed by atoms with E-state index in [1.165, 1.54) is 56.4 Å². The smallest absolute Gasteiger partial charge is 0.113 e. The first-order valence-electron chi connectivity index (χ1n) is 7.93. The Bertz CT molecular complexity index is 402. The molecule has 0 saturated heterocycles. The zero-order chi connectivity index (χ0) is 13.9. The van der Waals surface area contributed by atoms with Gasteiger partial charge in [0.05, 0.1) is 12.1 Å². The van der Waals surface area contributed by atoms with Crippen molar-refractivity contribution in [3.8, 4) is 0 Å². The quantitative estimate of drug-likeness (QED) is 0.841. The summed E-state index contributed by atoms with van der Waals surface area (Å²) >= 11 is 1.80. The molecule has 0 bridgehead atoms. The maximum absolute atomic E-state index is 5.21. The standard InChI is InChI=1S/C16H26N2OS/c1-19-12-10-18-16(14-17-11-13-20-14)8-6-15(7-9-16)4-2-3-5-15/h11,13,18H,2-10,12H2,1H3. The van der Waals surface area contributed by atoms with Crippen LogP contribution in [0.5, 0.6) is 0 Å². The Morgan fingerprint density at radius 1 is 1.20 bits per heavy atom. The summed E-state index contributed by atoms with van der Waals surface area (Å²) in [6, 6.07) is 0. The van der Waals surface area contributed by atoms with Gasteiger partial charge in [0.25, 0.3) is 0 Å². The van der Waals surface area contributed by atoms with Crippen LogP contribution in [0.2, 0.25) is 0 Å². The van der Waals surface area contributed by atoms with Crippen LogP contribution < -0.4 is 5.32 Å². The van der Waals surface area contributed by atoms with Crippen molar-refractivity contribution in [2.75, 3.05) is 20.3 Å². The van der Waals surface area contributed by atoms with Crippen LogP contribution >= 0.6 is 11.3 Å². The van der Waals surface area contributed by atoms with Crippen molar-refractivity contribution in [2.24, 2.45) is 5.41 Å². The summed E-state index contributed by atoms with van der Waals surface area (Å²) in [6.07, 6.45) is 13.0. The van der Waals surface area contributed by atoms with Crippen molar-refractivity contribution in [2.45, 2.75) is 56.9 Å². The van der Waals surface area contributed by atoms with E-state index >= 15 is 0 Å². The van der Waals surface area contributed by atoms with Gasteiger partial charge in [0, 0.05) is 25.2 Å². The minimum absolute atomic E-state index is 0.112. The van der Waals surface area contributed by atoms with Crippen LogP contribution in [0, 0.1) is 5.41 Å². The third kappa shape index (κ3) is 2.78. The number of thiazole rings is 1. The predicted molar refractivity (Wildman–Crippen MR) is 83.0 cm³/mol. The van der Waals surface area contributed by atoms with Gasteiger partial charge in [-0.1, -0.05) is 12.8 Å². The highest BCUT2D eigenvalue weighted by molar-refractivity contribution is 7.09. The molecule has 0 aliphatic heterocycles. The molecule has 1 aromatic heterocycles. The third-order valence-corrected chi connectivity index (χ3v) is 6.42. The first kappa shape index (κ1) is 14.5. The number of hydrogen-bond acceptors (Lipinski definition) is 4. The predicted octanol–water partition coefficient (Wildman–Crippen LogP) is 3.71. The van der Waals surface area contributed by atoms with E-state index in [0.29, 0.717) is 5.41 Å². The van der Waals surface area contributed by atoms with Crippen molar-refractivity contribution < 1.29 is 4.74 Å². The summed E-state index contributed by atoms with van der Waals surface area (Å²) < 4.78 is 5.21. The number of methoxy groups -OCH3 is 1. The molecule has 0 aromatic carbocycles. The summed E-state index contributed by atoms with van der Waals surface area (Å²) in [6.45, 7) is 1.70. The van der Waals surface area contributed by atoms with Crippen molar-refractivity contribution >= 4 is 11.3 Å². The highest BCUT2D eigenvalue weighted by Gasteiger charge is 2.45. The molecule has 1 aromatic rings. The number of ether oxygens (including phenoxy) is 1. The summed E-state index contributed by atoms with van der Waals surface area (Å²) in [4.78, 5) is 4.62. The van der Waals surface area contributed by atoms with Crippen molar-refractivity contribution in [3.05, 3.63) is 16.6 Å². The lowest BCUT2D eigenvalue weighted by atomic mass is 9.66.